The van der Waals surface area contributed by atoms with E-state index in [4.69, 9.17) is 9.47 Å². The minimum absolute atomic E-state index is 0.171. The molecule has 2 aromatic carbocycles. The van der Waals surface area contributed by atoms with Gasteiger partial charge >= 0.3 is 0 Å². The number of amides is 1. The summed E-state index contributed by atoms with van der Waals surface area (Å²) in [5, 5.41) is 2.95. The molecule has 0 unspecified atom stereocenters. The van der Waals surface area contributed by atoms with Crippen molar-refractivity contribution in [1.29, 1.82) is 0 Å². The Hall–Kier alpha value is -2.49. The second-order valence-electron chi connectivity index (χ2n) is 8.32. The predicted molar refractivity (Wildman–Crippen MR) is 118 cm³/mol. The highest BCUT2D eigenvalue weighted by molar-refractivity contribution is 6.06. The third-order valence-corrected chi connectivity index (χ3v) is 5.34. The number of hydrogen-bond donors (Lipinski definition) is 1. The van der Waals surface area contributed by atoms with E-state index in [1.54, 1.807) is 6.07 Å². The Balaban J connectivity index is 1.51. The molecule has 0 spiro atoms. The molecule has 1 N–H and O–H groups in total. The summed E-state index contributed by atoms with van der Waals surface area (Å²) in [6.45, 7) is 5.51. The van der Waals surface area contributed by atoms with Crippen LogP contribution in [0.1, 0.15) is 62.7 Å². The fourth-order valence-corrected chi connectivity index (χ4v) is 3.69. The van der Waals surface area contributed by atoms with Crippen LogP contribution in [0.15, 0.2) is 48.5 Å². The van der Waals surface area contributed by atoms with Crippen molar-refractivity contribution in [1.82, 2.24) is 0 Å². The van der Waals surface area contributed by atoms with Crippen molar-refractivity contribution in [2.24, 2.45) is 11.8 Å². The van der Waals surface area contributed by atoms with Crippen LogP contribution in [-0.2, 0) is 0 Å². The van der Waals surface area contributed by atoms with Crippen LogP contribution in [0, 0.1) is 11.8 Å². The first-order chi connectivity index (χ1) is 14.1. The first kappa shape index (κ1) is 21.2. The Labute approximate surface area is 174 Å². The molecule has 1 fully saturated rings. The van der Waals surface area contributed by atoms with Crippen molar-refractivity contribution in [3.8, 4) is 11.5 Å². The zero-order chi connectivity index (χ0) is 20.5. The summed E-state index contributed by atoms with van der Waals surface area (Å²) in [7, 11) is 0. The van der Waals surface area contributed by atoms with Crippen molar-refractivity contribution >= 4 is 11.6 Å². The lowest BCUT2D eigenvalue weighted by molar-refractivity contribution is 0.102. The van der Waals surface area contributed by atoms with Gasteiger partial charge in [-0.25, -0.2) is 0 Å². The van der Waals surface area contributed by atoms with Gasteiger partial charge < -0.3 is 14.8 Å². The Kier molecular flexibility index (Phi) is 7.97. The molecule has 0 saturated heterocycles. The zero-order valence-electron chi connectivity index (χ0n) is 17.7. The van der Waals surface area contributed by atoms with Crippen LogP contribution >= 0.6 is 0 Å². The SMILES string of the molecule is CC(C)COc1ccccc1C(=O)Nc1ccc(OCCC2CCCCC2)cc1. The molecule has 29 heavy (non-hydrogen) atoms. The van der Waals surface area contributed by atoms with Crippen LogP contribution in [0.25, 0.3) is 0 Å². The van der Waals surface area contributed by atoms with E-state index in [2.05, 4.69) is 19.2 Å². The monoisotopic (exact) mass is 395 g/mol. The van der Waals surface area contributed by atoms with Crippen molar-refractivity contribution in [3.05, 3.63) is 54.1 Å². The summed E-state index contributed by atoms with van der Waals surface area (Å²) in [4.78, 5) is 12.7. The maximum absolute atomic E-state index is 12.7. The van der Waals surface area contributed by atoms with Crippen molar-refractivity contribution in [3.63, 3.8) is 0 Å². The average molecular weight is 396 g/mol. The van der Waals surface area contributed by atoms with Crippen molar-refractivity contribution in [2.45, 2.75) is 52.4 Å². The lowest BCUT2D eigenvalue weighted by Gasteiger charge is -2.21. The van der Waals surface area contributed by atoms with E-state index in [9.17, 15) is 4.79 Å². The maximum atomic E-state index is 12.7. The number of ether oxygens (including phenoxy) is 2. The minimum atomic E-state index is -0.171. The summed E-state index contributed by atoms with van der Waals surface area (Å²) in [5.74, 6) is 2.51. The van der Waals surface area contributed by atoms with E-state index in [1.165, 1.54) is 32.1 Å². The summed E-state index contributed by atoms with van der Waals surface area (Å²) < 4.78 is 11.7. The highest BCUT2D eigenvalue weighted by Gasteiger charge is 2.14. The number of anilines is 1. The molecular weight excluding hydrogens is 362 g/mol. The largest absolute Gasteiger partial charge is 0.494 e. The summed E-state index contributed by atoms with van der Waals surface area (Å²) in [6.07, 6.45) is 7.94. The first-order valence-electron chi connectivity index (χ1n) is 10.9. The molecule has 0 aliphatic heterocycles. The molecule has 4 nitrogen and oxygen atoms in total. The van der Waals surface area contributed by atoms with Crippen LogP contribution in [0.5, 0.6) is 11.5 Å². The molecule has 2 aromatic rings. The molecule has 3 rings (SSSR count). The van der Waals surface area contributed by atoms with Gasteiger partial charge in [0.15, 0.2) is 0 Å². The number of nitrogens with one attached hydrogen (secondary N) is 1. The van der Waals surface area contributed by atoms with Crippen LogP contribution in [0.3, 0.4) is 0 Å². The van der Waals surface area contributed by atoms with Gasteiger partial charge in [0.05, 0.1) is 18.8 Å². The molecule has 0 atom stereocenters. The van der Waals surface area contributed by atoms with E-state index in [0.717, 1.165) is 30.4 Å². The number of rotatable bonds is 9. The maximum Gasteiger partial charge on any atom is 0.259 e. The molecule has 0 heterocycles. The smallest absolute Gasteiger partial charge is 0.259 e. The predicted octanol–water partition coefficient (Wildman–Crippen LogP) is 6.32. The quantitative estimate of drug-likeness (QED) is 0.540. The normalized spacial score (nSPS) is 14.6. The van der Waals surface area contributed by atoms with E-state index < -0.39 is 0 Å². The number of carbonyl (C=O) groups is 1. The van der Waals surface area contributed by atoms with Gasteiger partial charge in [0.1, 0.15) is 11.5 Å². The minimum Gasteiger partial charge on any atom is -0.494 e. The molecule has 0 aromatic heterocycles. The van der Waals surface area contributed by atoms with Gasteiger partial charge in [-0.2, -0.15) is 0 Å². The molecule has 1 aliphatic rings. The van der Waals surface area contributed by atoms with Gasteiger partial charge in [-0.1, -0.05) is 58.1 Å². The van der Waals surface area contributed by atoms with Gasteiger partial charge in [0.2, 0.25) is 0 Å². The number of hydrogen-bond acceptors (Lipinski definition) is 3. The van der Waals surface area contributed by atoms with Crippen LogP contribution in [-0.4, -0.2) is 19.1 Å². The second kappa shape index (κ2) is 10.9. The van der Waals surface area contributed by atoms with Crippen molar-refractivity contribution in [2.75, 3.05) is 18.5 Å². The molecule has 0 bridgehead atoms. The average Bonchev–Trinajstić information content (AvgIpc) is 2.74. The molecule has 1 amide bonds. The fraction of sp³-hybridized carbons (Fsp3) is 0.480. The summed E-state index contributed by atoms with van der Waals surface area (Å²) >= 11 is 0. The highest BCUT2D eigenvalue weighted by atomic mass is 16.5. The van der Waals surface area contributed by atoms with Crippen LogP contribution in [0.2, 0.25) is 0 Å². The lowest BCUT2D eigenvalue weighted by Crippen LogP contribution is -2.15. The molecule has 4 heteroatoms. The van der Waals surface area contributed by atoms with Gasteiger partial charge in [0.25, 0.3) is 5.91 Å². The Bertz CT molecular complexity index is 764. The second-order valence-corrected chi connectivity index (χ2v) is 8.32. The topological polar surface area (TPSA) is 47.6 Å². The summed E-state index contributed by atoms with van der Waals surface area (Å²) in [5.41, 5.74) is 1.29. The van der Waals surface area contributed by atoms with Crippen LogP contribution < -0.4 is 14.8 Å². The zero-order valence-corrected chi connectivity index (χ0v) is 17.7. The first-order valence-corrected chi connectivity index (χ1v) is 10.9. The molecular formula is C25H33NO3. The fourth-order valence-electron chi connectivity index (χ4n) is 3.69. The standard InChI is InChI=1S/C25H33NO3/c1-19(2)18-29-24-11-7-6-10-23(24)25(27)26-21-12-14-22(15-13-21)28-17-16-20-8-4-3-5-9-20/h6-7,10-15,19-20H,3-5,8-9,16-18H2,1-2H3,(H,26,27). The van der Waals surface area contributed by atoms with Crippen LogP contribution in [0.4, 0.5) is 5.69 Å². The van der Waals surface area contributed by atoms with E-state index in [1.807, 2.05) is 42.5 Å². The van der Waals surface area contributed by atoms with Gasteiger partial charge in [-0.15, -0.1) is 0 Å². The Morgan fingerprint density at radius 2 is 1.72 bits per heavy atom. The number of para-hydroxylation sites is 1. The van der Waals surface area contributed by atoms with Gasteiger partial charge in [-0.3, -0.25) is 4.79 Å². The molecule has 0 radical (unpaired) electrons. The van der Waals surface area contributed by atoms with Gasteiger partial charge in [-0.05, 0) is 54.7 Å². The lowest BCUT2D eigenvalue weighted by atomic mass is 9.87. The Morgan fingerprint density at radius 1 is 1.00 bits per heavy atom. The molecule has 1 aliphatic carbocycles. The van der Waals surface area contributed by atoms with E-state index >= 15 is 0 Å². The highest BCUT2D eigenvalue weighted by Crippen LogP contribution is 2.27. The van der Waals surface area contributed by atoms with E-state index in [-0.39, 0.29) is 5.91 Å². The third-order valence-electron chi connectivity index (χ3n) is 5.34. The van der Waals surface area contributed by atoms with Crippen molar-refractivity contribution < 1.29 is 14.3 Å². The third kappa shape index (κ3) is 6.81. The number of carbonyl (C=O) groups excluding carboxylic acids is 1. The molecule has 156 valence electrons. The number of benzene rings is 2. The van der Waals surface area contributed by atoms with E-state index in [0.29, 0.717) is 23.8 Å². The Morgan fingerprint density at radius 3 is 2.45 bits per heavy atom. The summed E-state index contributed by atoms with van der Waals surface area (Å²) in [6, 6.07) is 14.9. The molecule has 1 saturated carbocycles. The van der Waals surface area contributed by atoms with Gasteiger partial charge in [0, 0.05) is 5.69 Å².